The van der Waals surface area contributed by atoms with E-state index in [2.05, 4.69) is 0 Å². The molecule has 4 N–H and O–H groups in total. The molecule has 0 spiro atoms. The maximum Gasteiger partial charge on any atom is 0.243 e. The lowest BCUT2D eigenvalue weighted by atomic mass is 10.2. The summed E-state index contributed by atoms with van der Waals surface area (Å²) >= 11 is 0. The molecule has 88 valence electrons. The molecule has 0 unspecified atom stereocenters. The second-order valence-electron chi connectivity index (χ2n) is 3.70. The molecule has 1 fully saturated rings. The summed E-state index contributed by atoms with van der Waals surface area (Å²) in [6.07, 6.45) is -0.593. The monoisotopic (exact) mass is 244 g/mol. The summed E-state index contributed by atoms with van der Waals surface area (Å²) in [6.45, 7) is 0.201. The Balaban J connectivity index is 2.33. The molecule has 2 rings (SSSR count). The van der Waals surface area contributed by atoms with Gasteiger partial charge in [0.1, 0.15) is 5.75 Å². The zero-order valence-corrected chi connectivity index (χ0v) is 9.18. The van der Waals surface area contributed by atoms with Crippen LogP contribution in [0.4, 0.5) is 5.69 Å². The second kappa shape index (κ2) is 3.62. The number of aliphatic hydroxyl groups is 1. The molecule has 0 aliphatic carbocycles. The number of aromatic hydroxyl groups is 1. The van der Waals surface area contributed by atoms with E-state index in [1.807, 2.05) is 0 Å². The van der Waals surface area contributed by atoms with Crippen LogP contribution in [0.25, 0.3) is 0 Å². The molecule has 16 heavy (non-hydrogen) atoms. The first-order valence-electron chi connectivity index (χ1n) is 4.68. The van der Waals surface area contributed by atoms with Gasteiger partial charge in [-0.1, -0.05) is 0 Å². The largest absolute Gasteiger partial charge is 0.506 e. The highest BCUT2D eigenvalue weighted by Crippen LogP contribution is 2.27. The van der Waals surface area contributed by atoms with Crippen molar-refractivity contribution < 1.29 is 18.6 Å². The van der Waals surface area contributed by atoms with E-state index in [0.717, 1.165) is 4.31 Å². The summed E-state index contributed by atoms with van der Waals surface area (Å²) in [4.78, 5) is 0.0229. The van der Waals surface area contributed by atoms with Crippen LogP contribution in [0.15, 0.2) is 23.1 Å². The summed E-state index contributed by atoms with van der Waals surface area (Å²) in [5.41, 5.74) is 5.44. The van der Waals surface area contributed by atoms with Gasteiger partial charge in [-0.15, -0.1) is 0 Å². The van der Waals surface area contributed by atoms with Crippen molar-refractivity contribution in [2.75, 3.05) is 18.8 Å². The fourth-order valence-electron chi connectivity index (χ4n) is 1.46. The number of phenolic OH excluding ortho intramolecular Hbond substituents is 1. The smallest absolute Gasteiger partial charge is 0.243 e. The average Bonchev–Trinajstić information content (AvgIpc) is 2.17. The molecule has 0 amide bonds. The third-order valence-electron chi connectivity index (χ3n) is 2.47. The summed E-state index contributed by atoms with van der Waals surface area (Å²) in [7, 11) is -3.59. The van der Waals surface area contributed by atoms with Gasteiger partial charge in [0.05, 0.1) is 16.7 Å². The van der Waals surface area contributed by atoms with Gasteiger partial charge in [0.25, 0.3) is 0 Å². The molecule has 1 saturated heterocycles. The third-order valence-corrected chi connectivity index (χ3v) is 4.29. The predicted molar refractivity (Wildman–Crippen MR) is 57.3 cm³/mol. The third kappa shape index (κ3) is 1.73. The van der Waals surface area contributed by atoms with Crippen LogP contribution in [0.1, 0.15) is 0 Å². The van der Waals surface area contributed by atoms with Gasteiger partial charge in [-0.05, 0) is 18.2 Å². The van der Waals surface area contributed by atoms with Gasteiger partial charge < -0.3 is 15.9 Å². The number of hydrogen-bond acceptors (Lipinski definition) is 5. The quantitative estimate of drug-likeness (QED) is 0.473. The lowest BCUT2D eigenvalue weighted by Gasteiger charge is -2.34. The van der Waals surface area contributed by atoms with Crippen LogP contribution < -0.4 is 5.73 Å². The van der Waals surface area contributed by atoms with Crippen LogP contribution in [-0.2, 0) is 10.0 Å². The summed E-state index contributed by atoms with van der Waals surface area (Å²) in [5, 5.41) is 18.2. The Bertz CT molecular complexity index is 508. The fourth-order valence-corrected chi connectivity index (χ4v) is 3.01. The van der Waals surface area contributed by atoms with Gasteiger partial charge in [-0.3, -0.25) is 0 Å². The number of nitrogens with two attached hydrogens (primary N) is 1. The van der Waals surface area contributed by atoms with Gasteiger partial charge >= 0.3 is 0 Å². The van der Waals surface area contributed by atoms with Gasteiger partial charge in [-0.2, -0.15) is 4.31 Å². The molecule has 0 aromatic heterocycles. The Labute approximate surface area is 93.0 Å². The molecule has 1 heterocycles. The van der Waals surface area contributed by atoms with Crippen LogP contribution in [0.3, 0.4) is 0 Å². The number of anilines is 1. The standard InChI is InChI=1S/C9H12N2O4S/c10-8-3-7(1-2-9(8)13)16(14,15)11-4-6(12)5-11/h1-3,6,12-13H,4-5,10H2. The van der Waals surface area contributed by atoms with Crippen molar-refractivity contribution in [3.8, 4) is 5.75 Å². The molecular weight excluding hydrogens is 232 g/mol. The first kappa shape index (κ1) is 11.2. The number of nitrogen functional groups attached to an aromatic ring is 1. The molecule has 1 aliphatic heterocycles. The van der Waals surface area contributed by atoms with E-state index in [9.17, 15) is 13.5 Å². The van der Waals surface area contributed by atoms with E-state index in [1.165, 1.54) is 18.2 Å². The van der Waals surface area contributed by atoms with Crippen LogP contribution in [0, 0.1) is 0 Å². The molecule has 6 nitrogen and oxygen atoms in total. The lowest BCUT2D eigenvalue weighted by molar-refractivity contribution is 0.0548. The highest BCUT2D eigenvalue weighted by Gasteiger charge is 2.35. The topological polar surface area (TPSA) is 104 Å². The van der Waals surface area contributed by atoms with Gasteiger partial charge in [0.15, 0.2) is 0 Å². The molecule has 0 saturated carbocycles. The molecule has 1 aliphatic rings. The second-order valence-corrected chi connectivity index (χ2v) is 5.63. The van der Waals surface area contributed by atoms with Crippen LogP contribution in [0.2, 0.25) is 0 Å². The molecular formula is C9H12N2O4S. The van der Waals surface area contributed by atoms with Crippen LogP contribution in [0.5, 0.6) is 5.75 Å². The van der Waals surface area contributed by atoms with E-state index in [0.29, 0.717) is 0 Å². The van der Waals surface area contributed by atoms with Crippen molar-refractivity contribution in [2.24, 2.45) is 0 Å². The maximum absolute atomic E-state index is 11.9. The Morgan fingerprint density at radius 1 is 1.38 bits per heavy atom. The number of phenols is 1. The number of sulfonamides is 1. The molecule has 1 aromatic carbocycles. The van der Waals surface area contributed by atoms with Crippen molar-refractivity contribution in [1.82, 2.24) is 4.31 Å². The summed E-state index contributed by atoms with van der Waals surface area (Å²) < 4.78 is 25.0. The fraction of sp³-hybridized carbons (Fsp3) is 0.333. The maximum atomic E-state index is 11.9. The van der Waals surface area contributed by atoms with Crippen LogP contribution >= 0.6 is 0 Å². The number of β-amino-alcohol motifs (C(OH)–C–C–N with tert-alkyl or cyclic N) is 1. The zero-order valence-electron chi connectivity index (χ0n) is 8.37. The number of hydrogen-bond donors (Lipinski definition) is 3. The first-order valence-corrected chi connectivity index (χ1v) is 6.12. The number of nitrogens with zero attached hydrogens (tertiary/aromatic N) is 1. The first-order chi connectivity index (χ1) is 7.41. The van der Waals surface area contributed by atoms with E-state index in [1.54, 1.807) is 0 Å². The van der Waals surface area contributed by atoms with Crippen LogP contribution in [-0.4, -0.2) is 42.1 Å². The predicted octanol–water partition coefficient (Wildman–Crippen LogP) is -0.660. The number of rotatable bonds is 2. The van der Waals surface area contributed by atoms with Crippen molar-refractivity contribution in [3.05, 3.63) is 18.2 Å². The Hall–Kier alpha value is -1.31. The van der Waals surface area contributed by atoms with Gasteiger partial charge in [0.2, 0.25) is 10.0 Å². The SMILES string of the molecule is Nc1cc(S(=O)(=O)N2CC(O)C2)ccc1O. The molecule has 0 bridgehead atoms. The summed E-state index contributed by atoms with van der Waals surface area (Å²) in [6, 6.07) is 3.72. The normalized spacial score (nSPS) is 18.3. The minimum absolute atomic E-state index is 0.0159. The minimum atomic E-state index is -3.59. The van der Waals surface area contributed by atoms with E-state index >= 15 is 0 Å². The summed E-state index contributed by atoms with van der Waals surface area (Å²) in [5.74, 6) is -0.150. The zero-order chi connectivity index (χ0) is 11.9. The number of aliphatic hydroxyl groups excluding tert-OH is 1. The Kier molecular flexibility index (Phi) is 2.53. The molecule has 0 radical (unpaired) electrons. The minimum Gasteiger partial charge on any atom is -0.506 e. The Morgan fingerprint density at radius 3 is 2.50 bits per heavy atom. The highest BCUT2D eigenvalue weighted by molar-refractivity contribution is 7.89. The van der Waals surface area contributed by atoms with Gasteiger partial charge in [0, 0.05) is 13.1 Å². The van der Waals surface area contributed by atoms with E-state index in [4.69, 9.17) is 10.8 Å². The van der Waals surface area contributed by atoms with Gasteiger partial charge in [-0.25, -0.2) is 8.42 Å². The lowest BCUT2D eigenvalue weighted by Crippen LogP contribution is -2.53. The Morgan fingerprint density at radius 2 is 2.00 bits per heavy atom. The highest BCUT2D eigenvalue weighted by atomic mass is 32.2. The molecule has 1 aromatic rings. The van der Waals surface area contributed by atoms with Crippen molar-refractivity contribution in [2.45, 2.75) is 11.0 Å². The molecule has 0 atom stereocenters. The average molecular weight is 244 g/mol. The van der Waals surface area contributed by atoms with E-state index < -0.39 is 16.1 Å². The number of benzene rings is 1. The van der Waals surface area contributed by atoms with Crippen molar-refractivity contribution in [1.29, 1.82) is 0 Å². The van der Waals surface area contributed by atoms with Crippen molar-refractivity contribution in [3.63, 3.8) is 0 Å². The molecule has 7 heteroatoms. The van der Waals surface area contributed by atoms with E-state index in [-0.39, 0.29) is 29.4 Å². The van der Waals surface area contributed by atoms with Crippen molar-refractivity contribution >= 4 is 15.7 Å².